The van der Waals surface area contributed by atoms with Crippen LogP contribution in [0.5, 0.6) is 0 Å². The van der Waals surface area contributed by atoms with Crippen LogP contribution in [0.2, 0.25) is 0 Å². The lowest BCUT2D eigenvalue weighted by atomic mass is 10.1. The number of carbonyl (C=O) groups is 3. The Labute approximate surface area is 154 Å². The van der Waals surface area contributed by atoms with Gasteiger partial charge in [0.2, 0.25) is 0 Å². The minimum Gasteiger partial charge on any atom is -0.465 e. The smallest absolute Gasteiger partial charge is 0.337 e. The van der Waals surface area contributed by atoms with Crippen LogP contribution in [0.15, 0.2) is 42.5 Å². The number of rotatable bonds is 7. The van der Waals surface area contributed by atoms with Gasteiger partial charge in [0.15, 0.2) is 0 Å². The average molecular weight is 377 g/mol. The van der Waals surface area contributed by atoms with Crippen molar-refractivity contribution in [2.45, 2.75) is 13.0 Å². The van der Waals surface area contributed by atoms with Gasteiger partial charge in [0, 0.05) is 12.6 Å². The molecule has 1 amide bonds. The molecule has 0 saturated carbocycles. The third-order valence-electron chi connectivity index (χ3n) is 3.57. The maximum Gasteiger partial charge on any atom is 0.337 e. The number of nitrogens with one attached hydrogen (secondary N) is 1. The molecule has 0 radical (unpaired) electrons. The Morgan fingerprint density at radius 1 is 1.04 bits per heavy atom. The van der Waals surface area contributed by atoms with Gasteiger partial charge in [-0.2, -0.15) is 0 Å². The summed E-state index contributed by atoms with van der Waals surface area (Å²) in [5.41, 5.74) is 0.743. The van der Waals surface area contributed by atoms with Crippen molar-refractivity contribution in [2.75, 3.05) is 13.7 Å². The Hall–Kier alpha value is -3.29. The van der Waals surface area contributed by atoms with E-state index in [1.54, 1.807) is 24.3 Å². The van der Waals surface area contributed by atoms with Crippen LogP contribution in [-0.4, -0.2) is 31.5 Å². The van der Waals surface area contributed by atoms with Crippen molar-refractivity contribution in [3.05, 3.63) is 70.8 Å². The van der Waals surface area contributed by atoms with Crippen LogP contribution in [0.3, 0.4) is 0 Å². The third-order valence-corrected chi connectivity index (χ3v) is 3.57. The number of amides is 1. The lowest BCUT2D eigenvalue weighted by molar-refractivity contribution is -0.144. The van der Waals surface area contributed by atoms with Gasteiger partial charge in [0.05, 0.1) is 24.7 Å². The van der Waals surface area contributed by atoms with Crippen LogP contribution in [0.25, 0.3) is 0 Å². The normalized spacial score (nSPS) is 10.2. The molecule has 8 heteroatoms. The molecule has 0 aliphatic heterocycles. The van der Waals surface area contributed by atoms with Gasteiger partial charge < -0.3 is 14.8 Å². The van der Waals surface area contributed by atoms with Crippen molar-refractivity contribution in [3.63, 3.8) is 0 Å². The van der Waals surface area contributed by atoms with Crippen molar-refractivity contribution < 1.29 is 32.6 Å². The van der Waals surface area contributed by atoms with Gasteiger partial charge in [0.1, 0.15) is 18.2 Å². The lowest BCUT2D eigenvalue weighted by Crippen LogP contribution is -2.27. The fraction of sp³-hybridized carbons (Fsp3) is 0.211. The Morgan fingerprint density at radius 2 is 1.74 bits per heavy atom. The van der Waals surface area contributed by atoms with Gasteiger partial charge in [-0.05, 0) is 29.8 Å². The fourth-order valence-corrected chi connectivity index (χ4v) is 2.14. The zero-order valence-electron chi connectivity index (χ0n) is 14.5. The molecule has 27 heavy (non-hydrogen) atoms. The number of ether oxygens (including phenoxy) is 2. The Bertz CT molecular complexity index is 836. The first-order chi connectivity index (χ1) is 12.9. The first-order valence-electron chi connectivity index (χ1n) is 7.97. The van der Waals surface area contributed by atoms with Crippen molar-refractivity contribution in [1.82, 2.24) is 5.32 Å². The Kier molecular flexibility index (Phi) is 6.99. The molecule has 0 aromatic heterocycles. The topological polar surface area (TPSA) is 81.7 Å². The molecule has 1 N–H and O–H groups in total. The van der Waals surface area contributed by atoms with E-state index in [0.717, 1.165) is 12.1 Å². The molecular formula is C19H17F2NO5. The number of esters is 2. The summed E-state index contributed by atoms with van der Waals surface area (Å²) in [6.45, 7) is -0.0589. The van der Waals surface area contributed by atoms with Gasteiger partial charge in [-0.25, -0.2) is 13.6 Å². The molecule has 0 spiro atoms. The van der Waals surface area contributed by atoms with E-state index in [0.29, 0.717) is 17.2 Å². The summed E-state index contributed by atoms with van der Waals surface area (Å²) in [4.78, 5) is 34.8. The molecule has 2 aromatic rings. The third kappa shape index (κ3) is 5.88. The number of benzene rings is 2. The van der Waals surface area contributed by atoms with E-state index in [1.165, 1.54) is 7.11 Å². The van der Waals surface area contributed by atoms with Crippen molar-refractivity contribution in [2.24, 2.45) is 0 Å². The van der Waals surface area contributed by atoms with E-state index >= 15 is 0 Å². The minimum atomic E-state index is -0.981. The van der Waals surface area contributed by atoms with E-state index in [9.17, 15) is 23.2 Å². The summed E-state index contributed by atoms with van der Waals surface area (Å²) in [6, 6.07) is 8.94. The van der Waals surface area contributed by atoms with E-state index in [4.69, 9.17) is 4.74 Å². The maximum atomic E-state index is 13.5. The summed E-state index contributed by atoms with van der Waals surface area (Å²) in [6.07, 6.45) is -0.116. The van der Waals surface area contributed by atoms with Crippen LogP contribution in [0, 0.1) is 11.6 Å². The predicted octanol–water partition coefficient (Wildman–Crippen LogP) is 2.61. The van der Waals surface area contributed by atoms with Crippen LogP contribution >= 0.6 is 0 Å². The number of hydrogen-bond donors (Lipinski definition) is 1. The van der Waals surface area contributed by atoms with Gasteiger partial charge in [-0.1, -0.05) is 12.1 Å². The Balaban J connectivity index is 1.74. The van der Waals surface area contributed by atoms with Gasteiger partial charge in [-0.3, -0.25) is 9.59 Å². The summed E-state index contributed by atoms with van der Waals surface area (Å²) >= 11 is 0. The SMILES string of the molecule is COC(=O)c1ccc(COC(=O)CCNC(=O)c2ccc(F)cc2F)cc1. The molecular weight excluding hydrogens is 360 g/mol. The highest BCUT2D eigenvalue weighted by Crippen LogP contribution is 2.10. The molecule has 0 fully saturated rings. The van der Waals surface area contributed by atoms with E-state index in [2.05, 4.69) is 10.1 Å². The first-order valence-corrected chi connectivity index (χ1v) is 7.97. The van der Waals surface area contributed by atoms with Crippen molar-refractivity contribution in [3.8, 4) is 0 Å². The molecule has 0 aliphatic rings. The number of methoxy groups -OCH3 is 1. The molecule has 0 saturated heterocycles. The second-order valence-corrected chi connectivity index (χ2v) is 5.48. The minimum absolute atomic E-state index is 0.000816. The second-order valence-electron chi connectivity index (χ2n) is 5.48. The molecule has 2 aromatic carbocycles. The van der Waals surface area contributed by atoms with Crippen molar-refractivity contribution in [1.29, 1.82) is 0 Å². The quantitative estimate of drug-likeness (QED) is 0.750. The van der Waals surface area contributed by atoms with E-state index in [-0.39, 0.29) is 25.1 Å². The average Bonchev–Trinajstić information content (AvgIpc) is 2.66. The highest BCUT2D eigenvalue weighted by atomic mass is 19.1. The highest BCUT2D eigenvalue weighted by molar-refractivity contribution is 5.94. The van der Waals surface area contributed by atoms with Crippen LogP contribution in [0.4, 0.5) is 8.78 Å². The van der Waals surface area contributed by atoms with Crippen LogP contribution < -0.4 is 5.32 Å². The molecule has 2 rings (SSSR count). The zero-order valence-corrected chi connectivity index (χ0v) is 14.5. The van der Waals surface area contributed by atoms with E-state index < -0.39 is 29.5 Å². The number of halogens is 2. The Morgan fingerprint density at radius 3 is 2.37 bits per heavy atom. The summed E-state index contributed by atoms with van der Waals surface area (Å²) < 4.78 is 35.9. The molecule has 6 nitrogen and oxygen atoms in total. The van der Waals surface area contributed by atoms with Crippen molar-refractivity contribution >= 4 is 17.8 Å². The summed E-state index contributed by atoms with van der Waals surface area (Å²) in [5, 5.41) is 2.36. The fourth-order valence-electron chi connectivity index (χ4n) is 2.14. The molecule has 142 valence electrons. The van der Waals surface area contributed by atoms with E-state index in [1.807, 2.05) is 0 Å². The molecule has 0 unspecified atom stereocenters. The predicted molar refractivity (Wildman–Crippen MR) is 90.9 cm³/mol. The standard InChI is InChI=1S/C19H17F2NO5/c1-26-19(25)13-4-2-12(3-5-13)11-27-17(23)8-9-22-18(24)15-7-6-14(20)10-16(15)21/h2-7,10H,8-9,11H2,1H3,(H,22,24). The largest absolute Gasteiger partial charge is 0.465 e. The molecule has 0 atom stereocenters. The van der Waals surface area contributed by atoms with Gasteiger partial charge in [0.25, 0.3) is 5.91 Å². The van der Waals surface area contributed by atoms with Crippen LogP contribution in [0.1, 0.15) is 32.7 Å². The van der Waals surface area contributed by atoms with Gasteiger partial charge in [-0.15, -0.1) is 0 Å². The van der Waals surface area contributed by atoms with Crippen LogP contribution in [-0.2, 0) is 20.9 Å². The maximum absolute atomic E-state index is 13.5. The zero-order chi connectivity index (χ0) is 19.8. The lowest BCUT2D eigenvalue weighted by Gasteiger charge is -2.07. The monoisotopic (exact) mass is 377 g/mol. The molecule has 0 heterocycles. The molecule has 0 bridgehead atoms. The second kappa shape index (κ2) is 9.42. The molecule has 0 aliphatic carbocycles. The number of hydrogen-bond acceptors (Lipinski definition) is 5. The summed E-state index contributed by atoms with van der Waals surface area (Å²) in [5.74, 6) is -3.55. The highest BCUT2D eigenvalue weighted by Gasteiger charge is 2.13. The summed E-state index contributed by atoms with van der Waals surface area (Å²) in [7, 11) is 1.28. The van der Waals surface area contributed by atoms with Gasteiger partial charge >= 0.3 is 11.9 Å². The number of carbonyl (C=O) groups excluding carboxylic acids is 3. The first kappa shape index (κ1) is 20.0.